The number of fused-ring (bicyclic) bond motifs is 1. The number of amides is 1. The zero-order chi connectivity index (χ0) is 21.8. The van der Waals surface area contributed by atoms with E-state index in [1.165, 1.54) is 0 Å². The maximum atomic E-state index is 12.8. The van der Waals surface area contributed by atoms with E-state index in [-0.39, 0.29) is 5.91 Å². The van der Waals surface area contributed by atoms with Gasteiger partial charge in [-0.1, -0.05) is 28.9 Å². The SMILES string of the molecule is Cc1noc(C)c1CSc1ccccc1C(=O)NCCc1cc(Cl)c2c(c1)OCCO2. The first-order valence-corrected chi connectivity index (χ1v) is 11.4. The second-order valence-electron chi connectivity index (χ2n) is 7.20. The second kappa shape index (κ2) is 9.66. The fourth-order valence-corrected chi connectivity index (χ4v) is 4.85. The van der Waals surface area contributed by atoms with Crippen molar-refractivity contribution >= 4 is 29.3 Å². The molecule has 2 aromatic carbocycles. The summed E-state index contributed by atoms with van der Waals surface area (Å²) in [7, 11) is 0. The molecule has 2 heterocycles. The fraction of sp³-hybridized carbons (Fsp3) is 0.304. The quantitative estimate of drug-likeness (QED) is 0.503. The molecule has 0 fully saturated rings. The van der Waals surface area contributed by atoms with Gasteiger partial charge in [0.05, 0.1) is 16.3 Å². The standard InChI is InChI=1S/C23H23ClN2O4S/c1-14-18(15(2)30-26-14)13-31-21-6-4-3-5-17(21)23(27)25-8-7-16-11-19(24)22-20(12-16)28-9-10-29-22/h3-6,11-12H,7-10,13H2,1-2H3,(H,25,27). The van der Waals surface area contributed by atoms with Gasteiger partial charge in [0, 0.05) is 22.8 Å². The summed E-state index contributed by atoms with van der Waals surface area (Å²) < 4.78 is 16.4. The normalized spacial score (nSPS) is 12.6. The largest absolute Gasteiger partial charge is 0.486 e. The second-order valence-corrected chi connectivity index (χ2v) is 8.62. The van der Waals surface area contributed by atoms with Crippen LogP contribution in [0.5, 0.6) is 11.5 Å². The van der Waals surface area contributed by atoms with Gasteiger partial charge < -0.3 is 19.3 Å². The molecule has 0 atom stereocenters. The predicted molar refractivity (Wildman–Crippen MR) is 120 cm³/mol. The summed E-state index contributed by atoms with van der Waals surface area (Å²) in [6.45, 7) is 5.31. The van der Waals surface area contributed by atoms with E-state index in [2.05, 4.69) is 10.5 Å². The Morgan fingerprint density at radius 3 is 2.81 bits per heavy atom. The van der Waals surface area contributed by atoms with Gasteiger partial charge in [-0.25, -0.2) is 0 Å². The van der Waals surface area contributed by atoms with Crippen LogP contribution in [0.2, 0.25) is 5.02 Å². The highest BCUT2D eigenvalue weighted by Crippen LogP contribution is 2.38. The average molecular weight is 459 g/mol. The van der Waals surface area contributed by atoms with Crippen molar-refractivity contribution < 1.29 is 18.8 Å². The maximum Gasteiger partial charge on any atom is 0.252 e. The van der Waals surface area contributed by atoms with Gasteiger partial charge in [-0.2, -0.15) is 0 Å². The van der Waals surface area contributed by atoms with Crippen LogP contribution in [0.3, 0.4) is 0 Å². The maximum absolute atomic E-state index is 12.8. The molecule has 1 aliphatic heterocycles. The van der Waals surface area contributed by atoms with Crippen molar-refractivity contribution in [3.8, 4) is 11.5 Å². The molecule has 1 N–H and O–H groups in total. The summed E-state index contributed by atoms with van der Waals surface area (Å²) >= 11 is 7.90. The molecule has 0 radical (unpaired) electrons. The van der Waals surface area contributed by atoms with Crippen molar-refractivity contribution in [3.63, 3.8) is 0 Å². The van der Waals surface area contributed by atoms with Crippen LogP contribution in [0.25, 0.3) is 0 Å². The summed E-state index contributed by atoms with van der Waals surface area (Å²) in [5, 5.41) is 7.53. The van der Waals surface area contributed by atoms with Gasteiger partial charge in [0.2, 0.25) is 0 Å². The molecule has 1 aromatic heterocycles. The lowest BCUT2D eigenvalue weighted by Gasteiger charge is -2.20. The fourth-order valence-electron chi connectivity index (χ4n) is 3.36. The Kier molecular flexibility index (Phi) is 6.73. The Balaban J connectivity index is 1.38. The van der Waals surface area contributed by atoms with E-state index >= 15 is 0 Å². The van der Waals surface area contributed by atoms with E-state index in [4.69, 9.17) is 25.6 Å². The van der Waals surface area contributed by atoms with E-state index in [0.29, 0.717) is 54.0 Å². The molecule has 0 saturated carbocycles. The van der Waals surface area contributed by atoms with Gasteiger partial charge in [0.25, 0.3) is 5.91 Å². The Bertz CT molecular complexity index is 1080. The van der Waals surface area contributed by atoms with Gasteiger partial charge in [-0.15, -0.1) is 11.8 Å². The molecule has 8 heteroatoms. The van der Waals surface area contributed by atoms with E-state index < -0.39 is 0 Å². The van der Waals surface area contributed by atoms with Gasteiger partial charge in [-0.05, 0) is 50.1 Å². The number of nitrogens with zero attached hydrogens (tertiary/aromatic N) is 1. The number of thioether (sulfide) groups is 1. The number of hydrogen-bond acceptors (Lipinski definition) is 6. The Labute approximate surface area is 190 Å². The number of aromatic nitrogens is 1. The zero-order valence-corrected chi connectivity index (χ0v) is 18.9. The minimum Gasteiger partial charge on any atom is -0.486 e. The van der Waals surface area contributed by atoms with Gasteiger partial charge in [0.15, 0.2) is 11.5 Å². The molecule has 1 amide bonds. The smallest absolute Gasteiger partial charge is 0.252 e. The summed E-state index contributed by atoms with van der Waals surface area (Å²) in [4.78, 5) is 13.7. The molecule has 0 bridgehead atoms. The lowest BCUT2D eigenvalue weighted by atomic mass is 10.1. The van der Waals surface area contributed by atoms with Crippen molar-refractivity contribution in [2.75, 3.05) is 19.8 Å². The van der Waals surface area contributed by atoms with Crippen LogP contribution >= 0.6 is 23.4 Å². The highest BCUT2D eigenvalue weighted by Gasteiger charge is 2.17. The molecule has 31 heavy (non-hydrogen) atoms. The number of hydrogen-bond donors (Lipinski definition) is 1. The van der Waals surface area contributed by atoms with Crippen LogP contribution in [0.1, 0.15) is 32.9 Å². The van der Waals surface area contributed by atoms with Crippen LogP contribution in [-0.4, -0.2) is 30.8 Å². The van der Waals surface area contributed by atoms with Gasteiger partial charge >= 0.3 is 0 Å². The molecule has 6 nitrogen and oxygen atoms in total. The van der Waals surface area contributed by atoms with Crippen molar-refractivity contribution in [1.82, 2.24) is 10.5 Å². The van der Waals surface area contributed by atoms with E-state index in [1.54, 1.807) is 11.8 Å². The van der Waals surface area contributed by atoms with Crippen LogP contribution < -0.4 is 14.8 Å². The van der Waals surface area contributed by atoms with E-state index in [9.17, 15) is 4.79 Å². The molecule has 0 saturated heterocycles. The Hall–Kier alpha value is -2.64. The lowest BCUT2D eigenvalue weighted by Crippen LogP contribution is -2.26. The molecular formula is C23H23ClN2O4S. The molecule has 0 unspecified atom stereocenters. The zero-order valence-electron chi connectivity index (χ0n) is 17.4. The Morgan fingerprint density at radius 1 is 1.19 bits per heavy atom. The molecule has 0 aliphatic carbocycles. The molecule has 162 valence electrons. The number of nitrogens with one attached hydrogen (secondary N) is 1. The van der Waals surface area contributed by atoms with Gasteiger partial charge in [-0.3, -0.25) is 4.79 Å². The molecule has 3 aromatic rings. The lowest BCUT2D eigenvalue weighted by molar-refractivity contribution is 0.0951. The van der Waals surface area contributed by atoms with Crippen LogP contribution in [0.4, 0.5) is 0 Å². The van der Waals surface area contributed by atoms with Crippen LogP contribution in [-0.2, 0) is 12.2 Å². The number of carbonyl (C=O) groups is 1. The summed E-state index contributed by atoms with van der Waals surface area (Å²) in [6, 6.07) is 11.4. The third-order valence-electron chi connectivity index (χ3n) is 5.04. The van der Waals surface area contributed by atoms with Gasteiger partial charge in [0.1, 0.15) is 19.0 Å². The summed E-state index contributed by atoms with van der Waals surface area (Å²) in [6.07, 6.45) is 0.635. The molecule has 1 aliphatic rings. The molecular weight excluding hydrogens is 436 g/mol. The van der Waals surface area contributed by atoms with Crippen molar-refractivity contribution in [2.45, 2.75) is 30.9 Å². The van der Waals surface area contributed by atoms with Crippen molar-refractivity contribution in [2.24, 2.45) is 0 Å². The van der Waals surface area contributed by atoms with Crippen LogP contribution in [0, 0.1) is 13.8 Å². The first-order valence-electron chi connectivity index (χ1n) is 10.0. The van der Waals surface area contributed by atoms with E-state index in [1.807, 2.05) is 50.2 Å². The number of benzene rings is 2. The number of rotatable bonds is 7. The summed E-state index contributed by atoms with van der Waals surface area (Å²) in [5.74, 6) is 2.64. The minimum atomic E-state index is -0.106. The number of halogens is 1. The van der Waals surface area contributed by atoms with E-state index in [0.717, 1.165) is 27.5 Å². The number of aryl methyl sites for hydroxylation is 2. The highest BCUT2D eigenvalue weighted by atomic mass is 35.5. The Morgan fingerprint density at radius 2 is 2.00 bits per heavy atom. The van der Waals surface area contributed by atoms with Crippen molar-refractivity contribution in [1.29, 1.82) is 0 Å². The highest BCUT2D eigenvalue weighted by molar-refractivity contribution is 7.98. The first-order chi connectivity index (χ1) is 15.0. The topological polar surface area (TPSA) is 73.6 Å². The first kappa shape index (κ1) is 21.6. The molecule has 0 spiro atoms. The minimum absolute atomic E-state index is 0.106. The van der Waals surface area contributed by atoms with Crippen molar-refractivity contribution in [3.05, 3.63) is 69.6 Å². The predicted octanol–water partition coefficient (Wildman–Crippen LogP) is 4.98. The molecule has 4 rings (SSSR count). The average Bonchev–Trinajstić information content (AvgIpc) is 3.09. The summed E-state index contributed by atoms with van der Waals surface area (Å²) in [5.41, 5.74) is 3.58. The third kappa shape index (κ3) is 4.99. The monoisotopic (exact) mass is 458 g/mol. The third-order valence-corrected chi connectivity index (χ3v) is 6.42. The van der Waals surface area contributed by atoms with Crippen LogP contribution in [0.15, 0.2) is 45.8 Å². The number of ether oxygens (including phenoxy) is 2. The number of carbonyl (C=O) groups excluding carboxylic acids is 1.